The van der Waals surface area contributed by atoms with Gasteiger partial charge in [0.1, 0.15) is 0 Å². The van der Waals surface area contributed by atoms with Crippen LogP contribution in [0.4, 0.5) is 0 Å². The van der Waals surface area contributed by atoms with E-state index in [0.717, 1.165) is 44.8 Å². The summed E-state index contributed by atoms with van der Waals surface area (Å²) in [6, 6.07) is 10.00. The number of piperazine rings is 1. The Morgan fingerprint density at radius 3 is 2.45 bits per heavy atom. The van der Waals surface area contributed by atoms with E-state index in [1.54, 1.807) is 0 Å². The van der Waals surface area contributed by atoms with Crippen LogP contribution in [0, 0.1) is 11.3 Å². The van der Waals surface area contributed by atoms with Gasteiger partial charge < -0.3 is 5.11 Å². The molecule has 1 heterocycles. The highest BCUT2D eigenvalue weighted by Gasteiger charge is 2.22. The molecular formula is C16H23N3O. The molecule has 1 aliphatic rings. The summed E-state index contributed by atoms with van der Waals surface area (Å²) in [5.74, 6) is 0. The van der Waals surface area contributed by atoms with E-state index in [-0.39, 0.29) is 0 Å². The molecule has 4 nitrogen and oxygen atoms in total. The molecule has 1 fully saturated rings. The van der Waals surface area contributed by atoms with Crippen LogP contribution < -0.4 is 0 Å². The first-order valence-electron chi connectivity index (χ1n) is 7.12. The number of nitriles is 1. The van der Waals surface area contributed by atoms with Crippen molar-refractivity contribution in [1.29, 1.82) is 5.26 Å². The molecule has 1 aromatic rings. The molecule has 1 N–H and O–H groups in total. The molecule has 108 valence electrons. The number of β-amino-alcohol motifs (C(OH)–C–C–N with tert-alkyl or cyclic N) is 1. The number of nitrogens with zero attached hydrogens (tertiary/aromatic N) is 3. The highest BCUT2D eigenvalue weighted by atomic mass is 16.3. The maximum absolute atomic E-state index is 9.84. The van der Waals surface area contributed by atoms with Crippen LogP contribution >= 0.6 is 0 Å². The van der Waals surface area contributed by atoms with Crippen molar-refractivity contribution in [2.75, 3.05) is 32.7 Å². The maximum Gasteiger partial charge on any atom is 0.0991 e. The van der Waals surface area contributed by atoms with Crippen LogP contribution in [0.1, 0.15) is 25.0 Å². The summed E-state index contributed by atoms with van der Waals surface area (Å²) in [5.41, 5.74) is 1.30. The van der Waals surface area contributed by atoms with Gasteiger partial charge in [0.05, 0.1) is 17.2 Å². The van der Waals surface area contributed by atoms with Gasteiger partial charge in [-0.2, -0.15) is 5.26 Å². The minimum Gasteiger partial charge on any atom is -0.389 e. The minimum absolute atomic E-state index is 0.622. The van der Waals surface area contributed by atoms with E-state index in [1.165, 1.54) is 5.56 Å². The largest absolute Gasteiger partial charge is 0.389 e. The van der Waals surface area contributed by atoms with Crippen molar-refractivity contribution in [2.45, 2.75) is 26.0 Å². The van der Waals surface area contributed by atoms with Crippen molar-refractivity contribution in [1.82, 2.24) is 9.80 Å². The summed E-state index contributed by atoms with van der Waals surface area (Å²) < 4.78 is 0. The van der Waals surface area contributed by atoms with Crippen molar-refractivity contribution < 1.29 is 5.11 Å². The van der Waals surface area contributed by atoms with E-state index in [0.29, 0.717) is 0 Å². The smallest absolute Gasteiger partial charge is 0.0991 e. The van der Waals surface area contributed by atoms with Crippen LogP contribution in [0.25, 0.3) is 0 Å². The van der Waals surface area contributed by atoms with Gasteiger partial charge >= 0.3 is 0 Å². The zero-order chi connectivity index (χ0) is 14.6. The normalized spacial score (nSPS) is 17.9. The van der Waals surface area contributed by atoms with Gasteiger partial charge in [-0.15, -0.1) is 0 Å². The van der Waals surface area contributed by atoms with E-state index >= 15 is 0 Å². The summed E-state index contributed by atoms with van der Waals surface area (Å²) >= 11 is 0. The Labute approximate surface area is 121 Å². The summed E-state index contributed by atoms with van der Waals surface area (Å²) in [6.07, 6.45) is 0. The second-order valence-electron chi connectivity index (χ2n) is 6.18. The van der Waals surface area contributed by atoms with E-state index in [9.17, 15) is 5.11 Å². The molecule has 0 unspecified atom stereocenters. The first-order valence-corrected chi connectivity index (χ1v) is 7.12. The zero-order valence-electron chi connectivity index (χ0n) is 12.3. The molecule has 0 atom stereocenters. The molecule has 0 aromatic heterocycles. The van der Waals surface area contributed by atoms with Crippen LogP contribution in [0.15, 0.2) is 24.3 Å². The fraction of sp³-hybridized carbons (Fsp3) is 0.562. The highest BCUT2D eigenvalue weighted by Crippen LogP contribution is 2.12. The van der Waals surface area contributed by atoms with Crippen molar-refractivity contribution in [2.24, 2.45) is 0 Å². The molecule has 20 heavy (non-hydrogen) atoms. The Bertz CT molecular complexity index is 479. The standard InChI is InChI=1S/C16H23N3O/c1-16(2,20)13-19-8-6-18(7-9-19)12-15-5-3-4-14(10-15)11-17/h3-5,10,20H,6-9,12-13H2,1-2H3. The lowest BCUT2D eigenvalue weighted by Gasteiger charge is -2.37. The second-order valence-corrected chi connectivity index (χ2v) is 6.18. The van der Waals surface area contributed by atoms with Crippen molar-refractivity contribution >= 4 is 0 Å². The van der Waals surface area contributed by atoms with Crippen molar-refractivity contribution in [3.05, 3.63) is 35.4 Å². The lowest BCUT2D eigenvalue weighted by molar-refractivity contribution is 0.0167. The van der Waals surface area contributed by atoms with Gasteiger partial charge in [0.15, 0.2) is 0 Å². The summed E-state index contributed by atoms with van der Waals surface area (Å²) in [7, 11) is 0. The van der Waals surface area contributed by atoms with Crippen LogP contribution in [-0.2, 0) is 6.54 Å². The quantitative estimate of drug-likeness (QED) is 0.902. The molecule has 0 radical (unpaired) electrons. The van der Waals surface area contributed by atoms with Crippen LogP contribution in [0.2, 0.25) is 0 Å². The molecule has 0 spiro atoms. The van der Waals surface area contributed by atoms with E-state index < -0.39 is 5.60 Å². The number of benzene rings is 1. The van der Waals surface area contributed by atoms with Crippen LogP contribution in [0.5, 0.6) is 0 Å². The number of rotatable bonds is 4. The molecule has 1 aliphatic heterocycles. The Morgan fingerprint density at radius 1 is 1.20 bits per heavy atom. The van der Waals surface area contributed by atoms with Gasteiger partial charge in [-0.05, 0) is 31.5 Å². The first-order chi connectivity index (χ1) is 9.46. The average molecular weight is 273 g/mol. The lowest BCUT2D eigenvalue weighted by atomic mass is 10.1. The molecule has 0 bridgehead atoms. The molecule has 1 saturated heterocycles. The third-order valence-corrected chi connectivity index (χ3v) is 3.54. The van der Waals surface area contributed by atoms with E-state index in [4.69, 9.17) is 5.26 Å². The fourth-order valence-electron chi connectivity index (χ4n) is 2.65. The monoisotopic (exact) mass is 273 g/mol. The van der Waals surface area contributed by atoms with Gasteiger partial charge in [0.25, 0.3) is 0 Å². The SMILES string of the molecule is CC(C)(O)CN1CCN(Cc2cccc(C#N)c2)CC1. The van der Waals surface area contributed by atoms with Crippen molar-refractivity contribution in [3.63, 3.8) is 0 Å². The Balaban J connectivity index is 1.84. The predicted molar refractivity (Wildman–Crippen MR) is 79.2 cm³/mol. The first kappa shape index (κ1) is 15.0. The molecule has 2 rings (SSSR count). The fourth-order valence-corrected chi connectivity index (χ4v) is 2.65. The Hall–Kier alpha value is -1.41. The molecule has 0 aliphatic carbocycles. The summed E-state index contributed by atoms with van der Waals surface area (Å²) in [4.78, 5) is 4.71. The average Bonchev–Trinajstić information content (AvgIpc) is 2.40. The molecular weight excluding hydrogens is 250 g/mol. The second kappa shape index (κ2) is 6.36. The van der Waals surface area contributed by atoms with Gasteiger partial charge in [-0.1, -0.05) is 12.1 Å². The number of hydrogen-bond donors (Lipinski definition) is 1. The van der Waals surface area contributed by atoms with E-state index in [2.05, 4.69) is 21.9 Å². The maximum atomic E-state index is 9.84. The summed E-state index contributed by atoms with van der Waals surface area (Å²) in [5, 5.41) is 18.8. The lowest BCUT2D eigenvalue weighted by Crippen LogP contribution is -2.50. The topological polar surface area (TPSA) is 50.5 Å². The van der Waals surface area contributed by atoms with Gasteiger partial charge in [-0.3, -0.25) is 9.80 Å². The molecule has 0 amide bonds. The predicted octanol–water partition coefficient (Wildman–Crippen LogP) is 1.45. The Morgan fingerprint density at radius 2 is 1.85 bits per heavy atom. The highest BCUT2D eigenvalue weighted by molar-refractivity contribution is 5.32. The van der Waals surface area contributed by atoms with Crippen molar-refractivity contribution in [3.8, 4) is 6.07 Å². The van der Waals surface area contributed by atoms with Gasteiger partial charge in [0, 0.05) is 39.3 Å². The molecule has 0 saturated carbocycles. The third-order valence-electron chi connectivity index (χ3n) is 3.54. The van der Waals surface area contributed by atoms with E-state index in [1.807, 2.05) is 32.0 Å². The zero-order valence-corrected chi connectivity index (χ0v) is 12.3. The van der Waals surface area contributed by atoms with Crippen LogP contribution in [-0.4, -0.2) is 53.2 Å². The number of aliphatic hydroxyl groups is 1. The van der Waals surface area contributed by atoms with Crippen LogP contribution in [0.3, 0.4) is 0 Å². The number of hydrogen-bond acceptors (Lipinski definition) is 4. The van der Waals surface area contributed by atoms with Gasteiger partial charge in [0.2, 0.25) is 0 Å². The molecule has 4 heteroatoms. The Kier molecular flexibility index (Phi) is 4.77. The van der Waals surface area contributed by atoms with Gasteiger partial charge in [-0.25, -0.2) is 0 Å². The summed E-state index contributed by atoms with van der Waals surface area (Å²) in [6.45, 7) is 9.32. The molecule has 1 aromatic carbocycles. The third kappa shape index (κ3) is 4.61. The minimum atomic E-state index is -0.622.